The molecule has 0 aromatic heterocycles. The second kappa shape index (κ2) is 9.66. The number of ether oxygens (including phenoxy) is 1. The lowest BCUT2D eigenvalue weighted by Crippen LogP contribution is -2.37. The van der Waals surface area contributed by atoms with Crippen molar-refractivity contribution in [2.45, 2.75) is 18.8 Å². The first kappa shape index (κ1) is 19.6. The standard InChI is InChI=1S/C18H22NO4PS/c1-25-13-12-17(24(21,22)16-10-6-3-7-11-16)19-18(20)23-14-15-8-4-2-5-9-15/h2-11,17H,12-14H2,1H3,(H,19,20)(H,21,22)/t17-/m1/s1. The summed E-state index contributed by atoms with van der Waals surface area (Å²) in [7, 11) is -3.76. The van der Waals surface area contributed by atoms with E-state index in [0.717, 1.165) is 5.56 Å². The van der Waals surface area contributed by atoms with E-state index >= 15 is 0 Å². The molecule has 7 heteroatoms. The van der Waals surface area contributed by atoms with Crippen molar-refractivity contribution in [2.75, 3.05) is 12.0 Å². The van der Waals surface area contributed by atoms with Gasteiger partial charge in [0, 0.05) is 5.30 Å². The molecular weight excluding hydrogens is 357 g/mol. The molecule has 134 valence electrons. The SMILES string of the molecule is CSCC[C@H](NC(=O)OCc1ccccc1)P(=O)(O)c1ccccc1. The molecule has 0 fully saturated rings. The molecule has 0 aliphatic rings. The highest BCUT2D eigenvalue weighted by Crippen LogP contribution is 2.45. The van der Waals surface area contributed by atoms with Gasteiger partial charge < -0.3 is 14.9 Å². The molecule has 0 saturated carbocycles. The van der Waals surface area contributed by atoms with E-state index in [-0.39, 0.29) is 6.61 Å². The van der Waals surface area contributed by atoms with E-state index in [4.69, 9.17) is 4.74 Å². The zero-order valence-electron chi connectivity index (χ0n) is 14.0. The number of carbonyl (C=O) groups excluding carboxylic acids is 1. The minimum absolute atomic E-state index is 0.114. The van der Waals surface area contributed by atoms with Gasteiger partial charge in [0.05, 0.1) is 0 Å². The molecule has 0 aliphatic carbocycles. The van der Waals surface area contributed by atoms with Gasteiger partial charge >= 0.3 is 6.09 Å². The summed E-state index contributed by atoms with van der Waals surface area (Å²) < 4.78 is 18.1. The van der Waals surface area contributed by atoms with Crippen LogP contribution in [0.15, 0.2) is 60.7 Å². The van der Waals surface area contributed by atoms with Crippen molar-refractivity contribution in [3.63, 3.8) is 0 Å². The molecule has 2 atom stereocenters. The number of carbonyl (C=O) groups is 1. The van der Waals surface area contributed by atoms with E-state index in [1.165, 1.54) is 0 Å². The number of rotatable bonds is 8. The third-order valence-electron chi connectivity index (χ3n) is 3.64. The van der Waals surface area contributed by atoms with Crippen LogP contribution in [0.1, 0.15) is 12.0 Å². The van der Waals surface area contributed by atoms with Gasteiger partial charge in [-0.25, -0.2) is 4.79 Å². The fourth-order valence-electron chi connectivity index (χ4n) is 2.29. The predicted octanol–water partition coefficient (Wildman–Crippen LogP) is 3.59. The monoisotopic (exact) mass is 379 g/mol. The fraction of sp³-hybridized carbons (Fsp3) is 0.278. The molecule has 0 spiro atoms. The average Bonchev–Trinajstić information content (AvgIpc) is 2.65. The Morgan fingerprint density at radius 2 is 1.76 bits per heavy atom. The Labute approximate surface area is 152 Å². The normalized spacial score (nSPS) is 14.3. The maximum Gasteiger partial charge on any atom is 0.408 e. The molecule has 0 heterocycles. The van der Waals surface area contributed by atoms with Gasteiger partial charge in [0.25, 0.3) is 7.37 Å². The molecule has 1 unspecified atom stereocenters. The lowest BCUT2D eigenvalue weighted by molar-refractivity contribution is 0.138. The van der Waals surface area contributed by atoms with Crippen LogP contribution in [0.5, 0.6) is 0 Å². The number of nitrogens with one attached hydrogen (secondary N) is 1. The lowest BCUT2D eigenvalue weighted by Gasteiger charge is -2.24. The highest BCUT2D eigenvalue weighted by atomic mass is 32.2. The number of thioether (sulfide) groups is 1. The molecule has 2 aromatic carbocycles. The molecular formula is C18H22NO4PS. The first-order valence-electron chi connectivity index (χ1n) is 7.88. The molecule has 0 radical (unpaired) electrons. The topological polar surface area (TPSA) is 75.6 Å². The zero-order chi connectivity index (χ0) is 18.1. The van der Waals surface area contributed by atoms with Crippen LogP contribution >= 0.6 is 19.1 Å². The number of benzene rings is 2. The Morgan fingerprint density at radius 3 is 2.36 bits per heavy atom. The Hall–Kier alpha value is -1.75. The van der Waals surface area contributed by atoms with Gasteiger partial charge in [-0.1, -0.05) is 48.5 Å². The molecule has 2 aromatic rings. The van der Waals surface area contributed by atoms with Crippen molar-refractivity contribution in [3.8, 4) is 0 Å². The van der Waals surface area contributed by atoms with Crippen molar-refractivity contribution in [1.29, 1.82) is 0 Å². The molecule has 0 bridgehead atoms. The first-order valence-corrected chi connectivity index (χ1v) is 11.0. The minimum Gasteiger partial charge on any atom is -0.445 e. The van der Waals surface area contributed by atoms with Crippen molar-refractivity contribution in [3.05, 3.63) is 66.2 Å². The summed E-state index contributed by atoms with van der Waals surface area (Å²) >= 11 is 1.55. The third-order valence-corrected chi connectivity index (χ3v) is 6.56. The van der Waals surface area contributed by atoms with Gasteiger partial charge in [0.2, 0.25) is 0 Å². The number of hydrogen-bond acceptors (Lipinski definition) is 4. The van der Waals surface area contributed by atoms with Crippen LogP contribution in [0.4, 0.5) is 4.79 Å². The van der Waals surface area contributed by atoms with Crippen LogP contribution in [0, 0.1) is 0 Å². The molecule has 2 N–H and O–H groups in total. The van der Waals surface area contributed by atoms with Gasteiger partial charge in [0.15, 0.2) is 0 Å². The fourth-order valence-corrected chi connectivity index (χ4v) is 4.65. The number of hydrogen-bond donors (Lipinski definition) is 2. The van der Waals surface area contributed by atoms with E-state index in [0.29, 0.717) is 17.5 Å². The summed E-state index contributed by atoms with van der Waals surface area (Å²) in [6, 6.07) is 17.7. The van der Waals surface area contributed by atoms with E-state index < -0.39 is 19.2 Å². The van der Waals surface area contributed by atoms with Gasteiger partial charge in [-0.2, -0.15) is 11.8 Å². The maximum atomic E-state index is 12.9. The summed E-state index contributed by atoms with van der Waals surface area (Å²) in [5.74, 6) is -0.230. The first-order chi connectivity index (χ1) is 12.0. The summed E-state index contributed by atoms with van der Waals surface area (Å²) in [4.78, 5) is 22.7. The van der Waals surface area contributed by atoms with E-state index in [1.807, 2.05) is 36.6 Å². The Bertz CT molecular complexity index is 712. The van der Waals surface area contributed by atoms with Crippen LogP contribution in [-0.4, -0.2) is 28.8 Å². The quantitative estimate of drug-likeness (QED) is 0.686. The van der Waals surface area contributed by atoms with Crippen LogP contribution in [0.3, 0.4) is 0 Å². The van der Waals surface area contributed by atoms with Gasteiger partial charge in [-0.05, 0) is 36.1 Å². The van der Waals surface area contributed by atoms with Crippen LogP contribution in [-0.2, 0) is 15.9 Å². The second-order valence-corrected chi connectivity index (χ2v) is 8.83. The van der Waals surface area contributed by atoms with Gasteiger partial charge in [0.1, 0.15) is 12.4 Å². The summed E-state index contributed by atoms with van der Waals surface area (Å²) in [6.45, 7) is 0.114. The third kappa shape index (κ3) is 5.92. The average molecular weight is 379 g/mol. The maximum absolute atomic E-state index is 12.9. The highest BCUT2D eigenvalue weighted by molar-refractivity contribution is 7.98. The Morgan fingerprint density at radius 1 is 1.16 bits per heavy atom. The Balaban J connectivity index is 2.04. The summed E-state index contributed by atoms with van der Waals surface area (Å²) in [5, 5.41) is 2.90. The van der Waals surface area contributed by atoms with Gasteiger partial charge in [-0.3, -0.25) is 4.57 Å². The second-order valence-electron chi connectivity index (χ2n) is 5.46. The molecule has 1 amide bonds. The lowest BCUT2D eigenvalue weighted by atomic mass is 10.2. The van der Waals surface area contributed by atoms with E-state index in [1.54, 1.807) is 42.1 Å². The van der Waals surface area contributed by atoms with Crippen molar-refractivity contribution in [1.82, 2.24) is 5.32 Å². The minimum atomic E-state index is -3.76. The molecule has 0 aliphatic heterocycles. The molecule has 2 rings (SSSR count). The van der Waals surface area contributed by atoms with Gasteiger partial charge in [-0.15, -0.1) is 0 Å². The smallest absolute Gasteiger partial charge is 0.408 e. The Kier molecular flexibility index (Phi) is 7.56. The van der Waals surface area contributed by atoms with E-state index in [9.17, 15) is 14.3 Å². The van der Waals surface area contributed by atoms with Crippen LogP contribution in [0.25, 0.3) is 0 Å². The molecule has 5 nitrogen and oxygen atoms in total. The predicted molar refractivity (Wildman–Crippen MR) is 102 cm³/mol. The van der Waals surface area contributed by atoms with Crippen LogP contribution in [0.2, 0.25) is 0 Å². The van der Waals surface area contributed by atoms with Crippen LogP contribution < -0.4 is 10.6 Å². The molecule has 0 saturated heterocycles. The summed E-state index contributed by atoms with van der Waals surface area (Å²) in [6.07, 6.45) is 1.60. The zero-order valence-corrected chi connectivity index (χ0v) is 15.7. The van der Waals surface area contributed by atoms with Crippen molar-refractivity contribution < 1.29 is 19.0 Å². The van der Waals surface area contributed by atoms with E-state index in [2.05, 4.69) is 5.32 Å². The van der Waals surface area contributed by atoms with Crippen molar-refractivity contribution >= 4 is 30.5 Å². The molecule has 25 heavy (non-hydrogen) atoms. The highest BCUT2D eigenvalue weighted by Gasteiger charge is 2.34. The largest absolute Gasteiger partial charge is 0.445 e. The van der Waals surface area contributed by atoms with Crippen molar-refractivity contribution in [2.24, 2.45) is 0 Å². The number of alkyl carbamates (subject to hydrolysis) is 1. The number of amides is 1. The summed E-state index contributed by atoms with van der Waals surface area (Å²) in [5.41, 5.74) is 0.855.